The zero-order valence-electron chi connectivity index (χ0n) is 9.94. The molecule has 16 heavy (non-hydrogen) atoms. The van der Waals surface area contributed by atoms with Gasteiger partial charge < -0.3 is 10.5 Å². The van der Waals surface area contributed by atoms with Crippen LogP contribution >= 0.6 is 0 Å². The molecule has 0 bridgehead atoms. The standard InChI is InChI=1S/C10H21NO4S/c1-3-16(13,14)8-4-5-10(12)9(11)6-7-15-2/h9H,3-8,11H2,1-2H3. The largest absolute Gasteiger partial charge is 0.385 e. The van der Waals surface area contributed by atoms with E-state index in [4.69, 9.17) is 10.5 Å². The number of nitrogens with two attached hydrogens (primary N) is 1. The first kappa shape index (κ1) is 15.5. The first-order chi connectivity index (χ1) is 7.43. The Morgan fingerprint density at radius 1 is 1.44 bits per heavy atom. The molecule has 0 fully saturated rings. The molecule has 0 spiro atoms. The second kappa shape index (κ2) is 7.76. The number of hydrogen-bond acceptors (Lipinski definition) is 5. The highest BCUT2D eigenvalue weighted by Gasteiger charge is 2.14. The van der Waals surface area contributed by atoms with Crippen molar-refractivity contribution in [3.63, 3.8) is 0 Å². The van der Waals surface area contributed by atoms with Crippen LogP contribution in [0.5, 0.6) is 0 Å². The summed E-state index contributed by atoms with van der Waals surface area (Å²) >= 11 is 0. The van der Waals surface area contributed by atoms with Gasteiger partial charge in [0.1, 0.15) is 15.6 Å². The van der Waals surface area contributed by atoms with Crippen LogP contribution < -0.4 is 5.73 Å². The number of methoxy groups -OCH3 is 1. The fourth-order valence-electron chi connectivity index (χ4n) is 1.20. The maximum absolute atomic E-state index is 11.4. The minimum atomic E-state index is -2.98. The van der Waals surface area contributed by atoms with Gasteiger partial charge in [-0.3, -0.25) is 4.79 Å². The van der Waals surface area contributed by atoms with Crippen LogP contribution in [0.4, 0.5) is 0 Å². The molecule has 5 nitrogen and oxygen atoms in total. The average Bonchev–Trinajstić information content (AvgIpc) is 2.25. The van der Waals surface area contributed by atoms with Crippen molar-refractivity contribution in [2.45, 2.75) is 32.2 Å². The molecule has 0 heterocycles. The molecular weight excluding hydrogens is 230 g/mol. The summed E-state index contributed by atoms with van der Waals surface area (Å²) < 4.78 is 27.1. The lowest BCUT2D eigenvalue weighted by molar-refractivity contribution is -0.120. The summed E-state index contributed by atoms with van der Waals surface area (Å²) in [5, 5.41) is 0. The lowest BCUT2D eigenvalue weighted by Gasteiger charge is -2.09. The van der Waals surface area contributed by atoms with E-state index in [9.17, 15) is 13.2 Å². The number of rotatable bonds is 9. The molecule has 0 radical (unpaired) electrons. The zero-order valence-corrected chi connectivity index (χ0v) is 10.8. The predicted octanol–water partition coefficient (Wildman–Crippen LogP) is 0.134. The molecule has 0 rings (SSSR count). The van der Waals surface area contributed by atoms with E-state index in [0.717, 1.165) is 0 Å². The number of carbonyl (C=O) groups excluding carboxylic acids is 1. The van der Waals surface area contributed by atoms with Crippen LogP contribution in [0.25, 0.3) is 0 Å². The van der Waals surface area contributed by atoms with Gasteiger partial charge in [-0.25, -0.2) is 8.42 Å². The summed E-state index contributed by atoms with van der Waals surface area (Å²) in [6.45, 7) is 2.04. The molecule has 0 aliphatic rings. The van der Waals surface area contributed by atoms with Crippen molar-refractivity contribution in [2.24, 2.45) is 5.73 Å². The van der Waals surface area contributed by atoms with Crippen LogP contribution in [0.1, 0.15) is 26.2 Å². The number of hydrogen-bond donors (Lipinski definition) is 1. The van der Waals surface area contributed by atoms with Crippen molar-refractivity contribution in [1.29, 1.82) is 0 Å². The van der Waals surface area contributed by atoms with E-state index < -0.39 is 15.9 Å². The summed E-state index contributed by atoms with van der Waals surface area (Å²) in [6.07, 6.45) is 1.07. The minimum Gasteiger partial charge on any atom is -0.385 e. The topological polar surface area (TPSA) is 86.5 Å². The molecule has 0 aliphatic heterocycles. The second-order valence-electron chi connectivity index (χ2n) is 3.69. The average molecular weight is 251 g/mol. The van der Waals surface area contributed by atoms with Gasteiger partial charge in [-0.1, -0.05) is 6.92 Å². The van der Waals surface area contributed by atoms with E-state index >= 15 is 0 Å². The Morgan fingerprint density at radius 3 is 2.56 bits per heavy atom. The van der Waals surface area contributed by atoms with Crippen molar-refractivity contribution in [3.05, 3.63) is 0 Å². The molecule has 1 atom stereocenters. The van der Waals surface area contributed by atoms with Gasteiger partial charge in [0.2, 0.25) is 0 Å². The Labute approximate surface area is 97.3 Å². The third-order valence-electron chi connectivity index (χ3n) is 2.36. The summed E-state index contributed by atoms with van der Waals surface area (Å²) in [4.78, 5) is 11.4. The summed E-state index contributed by atoms with van der Waals surface area (Å²) in [6, 6.07) is -0.538. The molecule has 0 saturated heterocycles. The van der Waals surface area contributed by atoms with Gasteiger partial charge >= 0.3 is 0 Å². The number of Topliss-reactive ketones (excluding diaryl/α,β-unsaturated/α-hetero) is 1. The van der Waals surface area contributed by atoms with Gasteiger partial charge in [0, 0.05) is 25.9 Å². The van der Waals surface area contributed by atoms with E-state index in [0.29, 0.717) is 19.4 Å². The van der Waals surface area contributed by atoms with Crippen LogP contribution in [0, 0.1) is 0 Å². The Bertz CT molecular complexity index is 300. The van der Waals surface area contributed by atoms with Crippen LogP contribution in [-0.4, -0.2) is 45.5 Å². The molecular formula is C10H21NO4S. The quantitative estimate of drug-likeness (QED) is 0.629. The molecule has 0 saturated carbocycles. The normalized spacial score (nSPS) is 13.7. The molecule has 1 unspecified atom stereocenters. The summed E-state index contributed by atoms with van der Waals surface area (Å²) in [5.41, 5.74) is 5.61. The monoisotopic (exact) mass is 251 g/mol. The Hall–Kier alpha value is -0.460. The van der Waals surface area contributed by atoms with Crippen LogP contribution in [0.3, 0.4) is 0 Å². The van der Waals surface area contributed by atoms with Crippen LogP contribution in [-0.2, 0) is 19.4 Å². The van der Waals surface area contributed by atoms with E-state index in [1.54, 1.807) is 14.0 Å². The first-order valence-corrected chi connectivity index (χ1v) is 7.22. The maximum atomic E-state index is 11.4. The molecule has 96 valence electrons. The number of ether oxygens (including phenoxy) is 1. The zero-order chi connectivity index (χ0) is 12.6. The summed E-state index contributed by atoms with van der Waals surface area (Å²) in [7, 11) is -1.43. The summed E-state index contributed by atoms with van der Waals surface area (Å²) in [5.74, 6) is 0.0896. The van der Waals surface area contributed by atoms with E-state index in [1.807, 2.05) is 0 Å². The van der Waals surface area contributed by atoms with Crippen molar-refractivity contribution in [1.82, 2.24) is 0 Å². The first-order valence-electron chi connectivity index (χ1n) is 5.40. The fourth-order valence-corrected chi connectivity index (χ4v) is 2.07. The SMILES string of the molecule is CCS(=O)(=O)CCCC(=O)C(N)CCOC. The van der Waals surface area contributed by atoms with Crippen LogP contribution in [0.15, 0.2) is 0 Å². The van der Waals surface area contributed by atoms with Crippen molar-refractivity contribution >= 4 is 15.6 Å². The van der Waals surface area contributed by atoms with Crippen molar-refractivity contribution < 1.29 is 17.9 Å². The van der Waals surface area contributed by atoms with Crippen molar-refractivity contribution in [2.75, 3.05) is 25.2 Å². The molecule has 0 aliphatic carbocycles. The molecule has 2 N–H and O–H groups in total. The van der Waals surface area contributed by atoms with E-state index in [-0.39, 0.29) is 23.7 Å². The van der Waals surface area contributed by atoms with Gasteiger partial charge in [-0.15, -0.1) is 0 Å². The van der Waals surface area contributed by atoms with Gasteiger partial charge in [0.25, 0.3) is 0 Å². The highest BCUT2D eigenvalue weighted by Crippen LogP contribution is 2.02. The number of ketones is 1. The maximum Gasteiger partial charge on any atom is 0.150 e. The molecule has 6 heteroatoms. The third kappa shape index (κ3) is 6.92. The Kier molecular flexibility index (Phi) is 7.53. The van der Waals surface area contributed by atoms with Crippen LogP contribution in [0.2, 0.25) is 0 Å². The smallest absolute Gasteiger partial charge is 0.150 e. The molecule has 0 amide bonds. The number of carbonyl (C=O) groups is 1. The van der Waals surface area contributed by atoms with E-state index in [2.05, 4.69) is 0 Å². The second-order valence-corrected chi connectivity index (χ2v) is 6.17. The lowest BCUT2D eigenvalue weighted by Crippen LogP contribution is -2.31. The van der Waals surface area contributed by atoms with Crippen molar-refractivity contribution in [3.8, 4) is 0 Å². The number of sulfone groups is 1. The van der Waals surface area contributed by atoms with Gasteiger partial charge in [0.15, 0.2) is 0 Å². The lowest BCUT2D eigenvalue weighted by atomic mass is 10.1. The van der Waals surface area contributed by atoms with Gasteiger partial charge in [0.05, 0.1) is 11.8 Å². The molecule has 0 aromatic heterocycles. The predicted molar refractivity (Wildman–Crippen MR) is 63.0 cm³/mol. The third-order valence-corrected chi connectivity index (χ3v) is 4.16. The Morgan fingerprint density at radius 2 is 2.06 bits per heavy atom. The fraction of sp³-hybridized carbons (Fsp3) is 0.900. The minimum absolute atomic E-state index is 0.0617. The van der Waals surface area contributed by atoms with E-state index in [1.165, 1.54) is 0 Å². The molecule has 0 aromatic rings. The van der Waals surface area contributed by atoms with Gasteiger partial charge in [-0.05, 0) is 12.8 Å². The highest BCUT2D eigenvalue weighted by molar-refractivity contribution is 7.91. The molecule has 0 aromatic carbocycles. The highest BCUT2D eigenvalue weighted by atomic mass is 32.2. The Balaban J connectivity index is 3.81. The van der Waals surface area contributed by atoms with Gasteiger partial charge in [-0.2, -0.15) is 0 Å².